The molecule has 1 aromatic heterocycles. The van der Waals surface area contributed by atoms with Gasteiger partial charge in [0.25, 0.3) is 0 Å². The average molecular weight is 301 g/mol. The third-order valence-electron chi connectivity index (χ3n) is 2.90. The molecular formula is C10H15N5O2S2. The fraction of sp³-hybridized carbons (Fsp3) is 0.700. The molecule has 9 heteroatoms. The quantitative estimate of drug-likeness (QED) is 0.580. The first kappa shape index (κ1) is 14.4. The van der Waals surface area contributed by atoms with Gasteiger partial charge >= 0.3 is 0 Å². The summed E-state index contributed by atoms with van der Waals surface area (Å²) in [7, 11) is 1.74. The van der Waals surface area contributed by atoms with Crippen molar-refractivity contribution in [3.05, 3.63) is 5.82 Å². The topological polar surface area (TPSA) is 92.9 Å². The van der Waals surface area contributed by atoms with E-state index in [4.69, 9.17) is 12.2 Å². The number of aliphatic hydroxyl groups is 1. The van der Waals surface area contributed by atoms with Crippen molar-refractivity contribution in [3.8, 4) is 0 Å². The van der Waals surface area contributed by atoms with Gasteiger partial charge in [0.05, 0.1) is 27.5 Å². The number of amides is 1. The van der Waals surface area contributed by atoms with Crippen molar-refractivity contribution >= 4 is 34.1 Å². The van der Waals surface area contributed by atoms with Crippen molar-refractivity contribution in [1.29, 1.82) is 0 Å². The van der Waals surface area contributed by atoms with Crippen LogP contribution in [0.4, 0.5) is 0 Å². The summed E-state index contributed by atoms with van der Waals surface area (Å²) >= 11 is 6.64. The maximum Gasteiger partial charge on any atom is 0.229 e. The Hall–Kier alpha value is -1.06. The fourth-order valence-electron chi connectivity index (χ4n) is 1.85. The van der Waals surface area contributed by atoms with Crippen molar-refractivity contribution in [1.82, 2.24) is 25.5 Å². The summed E-state index contributed by atoms with van der Waals surface area (Å²) in [5.41, 5.74) is -1.05. The predicted molar refractivity (Wildman–Crippen MR) is 74.4 cm³/mol. The second-order valence-electron chi connectivity index (χ2n) is 4.95. The number of aromatic nitrogens is 4. The van der Waals surface area contributed by atoms with Crippen LogP contribution in [-0.2, 0) is 18.3 Å². The highest BCUT2D eigenvalue weighted by atomic mass is 32.2. The summed E-state index contributed by atoms with van der Waals surface area (Å²) in [5.74, 6) is 0.0733. The normalized spacial score (nSPS) is 22.8. The van der Waals surface area contributed by atoms with Crippen LogP contribution >= 0.6 is 24.0 Å². The van der Waals surface area contributed by atoms with Gasteiger partial charge in [-0.25, -0.2) is 4.68 Å². The number of rotatable bonds is 4. The van der Waals surface area contributed by atoms with Crippen molar-refractivity contribution < 1.29 is 9.90 Å². The lowest BCUT2D eigenvalue weighted by Gasteiger charge is -2.42. The van der Waals surface area contributed by atoms with Gasteiger partial charge in [-0.3, -0.25) is 4.79 Å². The zero-order valence-corrected chi connectivity index (χ0v) is 12.5. The highest BCUT2D eigenvalue weighted by molar-refractivity contribution is 8.23. The van der Waals surface area contributed by atoms with Gasteiger partial charge < -0.3 is 10.4 Å². The van der Waals surface area contributed by atoms with Crippen molar-refractivity contribution in [2.75, 3.05) is 0 Å². The molecule has 1 fully saturated rings. The van der Waals surface area contributed by atoms with E-state index >= 15 is 0 Å². The largest absolute Gasteiger partial charge is 0.390 e. The van der Waals surface area contributed by atoms with Gasteiger partial charge in [0.1, 0.15) is 0 Å². The lowest BCUT2D eigenvalue weighted by atomic mass is 9.85. The van der Waals surface area contributed by atoms with Crippen LogP contribution < -0.4 is 5.32 Å². The van der Waals surface area contributed by atoms with Crippen LogP contribution in [0.3, 0.4) is 0 Å². The molecule has 0 unspecified atom stereocenters. The van der Waals surface area contributed by atoms with E-state index in [1.807, 2.05) is 0 Å². The van der Waals surface area contributed by atoms with Crippen LogP contribution in [0.1, 0.15) is 19.7 Å². The SMILES string of the molecule is Cn1nnnc1CC(=S)S[C@H]1NC(=O)[C@H]1C(C)(C)O. The molecular weight excluding hydrogens is 286 g/mol. The number of thiocarbonyl (C=S) groups is 1. The monoisotopic (exact) mass is 301 g/mol. The molecule has 1 amide bonds. The molecule has 1 aromatic rings. The minimum absolute atomic E-state index is 0.145. The Balaban J connectivity index is 1.93. The first-order valence-electron chi connectivity index (χ1n) is 5.72. The zero-order chi connectivity index (χ0) is 14.2. The highest BCUT2D eigenvalue weighted by Crippen LogP contribution is 2.35. The molecule has 0 saturated carbocycles. The van der Waals surface area contributed by atoms with E-state index in [-0.39, 0.29) is 11.3 Å². The van der Waals surface area contributed by atoms with Crippen molar-refractivity contribution in [3.63, 3.8) is 0 Å². The number of nitrogens with one attached hydrogen (secondary N) is 1. The Kier molecular flexibility index (Phi) is 3.88. The van der Waals surface area contributed by atoms with Crippen LogP contribution in [0, 0.1) is 5.92 Å². The van der Waals surface area contributed by atoms with Crippen LogP contribution in [-0.4, -0.2) is 46.4 Å². The molecule has 1 saturated heterocycles. The van der Waals surface area contributed by atoms with Gasteiger partial charge in [-0.05, 0) is 24.3 Å². The van der Waals surface area contributed by atoms with E-state index in [0.29, 0.717) is 16.4 Å². The minimum Gasteiger partial charge on any atom is -0.390 e. The number of hydrogen-bond donors (Lipinski definition) is 2. The maximum absolute atomic E-state index is 11.5. The second kappa shape index (κ2) is 5.14. The molecule has 2 atom stereocenters. The van der Waals surface area contributed by atoms with Crippen LogP contribution in [0.25, 0.3) is 0 Å². The smallest absolute Gasteiger partial charge is 0.229 e. The number of tetrazole rings is 1. The predicted octanol–water partition coefficient (Wildman–Crippen LogP) is -0.344. The van der Waals surface area contributed by atoms with E-state index in [0.717, 1.165) is 0 Å². The number of nitrogens with zero attached hydrogens (tertiary/aromatic N) is 4. The van der Waals surface area contributed by atoms with Gasteiger partial charge in [-0.2, -0.15) is 0 Å². The Bertz CT molecular complexity index is 510. The lowest BCUT2D eigenvalue weighted by molar-refractivity contribution is -0.143. The summed E-state index contributed by atoms with van der Waals surface area (Å²) in [6, 6.07) is 0. The molecule has 0 radical (unpaired) electrons. The Labute approximate surface area is 120 Å². The number of carbonyl (C=O) groups is 1. The standard InChI is InChI=1S/C10H15N5O2S2/c1-10(2,17)7-8(16)11-9(7)19-6(18)4-5-12-13-14-15(5)3/h7,9,17H,4H2,1-3H3,(H,11,16)/t7-,9-/m1/s1. The molecule has 19 heavy (non-hydrogen) atoms. The number of carbonyl (C=O) groups excluding carboxylic acids is 1. The Morgan fingerprint density at radius 2 is 2.32 bits per heavy atom. The summed E-state index contributed by atoms with van der Waals surface area (Å²) in [6.07, 6.45) is 0.453. The van der Waals surface area contributed by atoms with Gasteiger partial charge in [0.15, 0.2) is 5.82 Å². The Morgan fingerprint density at radius 3 is 2.79 bits per heavy atom. The zero-order valence-electron chi connectivity index (χ0n) is 10.8. The number of hydrogen-bond acceptors (Lipinski definition) is 7. The minimum atomic E-state index is -1.05. The van der Waals surface area contributed by atoms with Gasteiger partial charge in [0, 0.05) is 7.05 Å². The van der Waals surface area contributed by atoms with Crippen molar-refractivity contribution in [2.24, 2.45) is 13.0 Å². The van der Waals surface area contributed by atoms with E-state index in [1.54, 1.807) is 25.6 Å². The molecule has 1 aliphatic rings. The molecule has 0 bridgehead atoms. The van der Waals surface area contributed by atoms with Crippen LogP contribution in [0.2, 0.25) is 0 Å². The maximum atomic E-state index is 11.5. The lowest BCUT2D eigenvalue weighted by Crippen LogP contribution is -2.64. The summed E-state index contributed by atoms with van der Waals surface area (Å²) in [6.45, 7) is 3.25. The third-order valence-corrected chi connectivity index (χ3v) is 4.38. The number of aryl methyl sites for hydroxylation is 1. The van der Waals surface area contributed by atoms with E-state index in [1.165, 1.54) is 11.8 Å². The van der Waals surface area contributed by atoms with E-state index in [2.05, 4.69) is 20.8 Å². The molecule has 2 N–H and O–H groups in total. The van der Waals surface area contributed by atoms with E-state index in [9.17, 15) is 9.90 Å². The van der Waals surface area contributed by atoms with Gasteiger partial charge in [-0.1, -0.05) is 24.0 Å². The van der Waals surface area contributed by atoms with Crippen LogP contribution in [0.5, 0.6) is 0 Å². The summed E-state index contributed by atoms with van der Waals surface area (Å²) < 4.78 is 2.23. The van der Waals surface area contributed by atoms with Crippen molar-refractivity contribution in [2.45, 2.75) is 31.2 Å². The number of β-lactam (4-membered cyclic amide) rings is 1. The molecule has 7 nitrogen and oxygen atoms in total. The van der Waals surface area contributed by atoms with Gasteiger partial charge in [-0.15, -0.1) is 5.10 Å². The highest BCUT2D eigenvalue weighted by Gasteiger charge is 2.48. The first-order chi connectivity index (χ1) is 8.79. The molecule has 0 aromatic carbocycles. The first-order valence-corrected chi connectivity index (χ1v) is 7.01. The molecule has 1 aliphatic heterocycles. The molecule has 0 spiro atoms. The molecule has 2 heterocycles. The Morgan fingerprint density at radius 1 is 1.63 bits per heavy atom. The third kappa shape index (κ3) is 3.10. The molecule has 104 valence electrons. The summed E-state index contributed by atoms with van der Waals surface area (Å²) in [4.78, 5) is 11.5. The second-order valence-corrected chi connectivity index (χ2v) is 6.93. The van der Waals surface area contributed by atoms with E-state index < -0.39 is 11.5 Å². The van der Waals surface area contributed by atoms with Gasteiger partial charge in [0.2, 0.25) is 5.91 Å². The average Bonchev–Trinajstić information content (AvgIpc) is 2.60. The molecule has 2 rings (SSSR count). The fourth-order valence-corrected chi connectivity index (χ4v) is 3.56. The van der Waals surface area contributed by atoms with Crippen LogP contribution in [0.15, 0.2) is 0 Å². The number of thioether (sulfide) groups is 1. The molecule has 0 aliphatic carbocycles. The summed E-state index contributed by atoms with van der Waals surface area (Å²) in [5, 5.41) is 23.6.